The lowest BCUT2D eigenvalue weighted by molar-refractivity contribution is -0.208. The lowest BCUT2D eigenvalue weighted by Gasteiger charge is -2.59. The molecule has 7 heteroatoms. The Labute approximate surface area is 149 Å². The van der Waals surface area contributed by atoms with E-state index in [-0.39, 0.29) is 24.2 Å². The van der Waals surface area contributed by atoms with Gasteiger partial charge in [0.25, 0.3) is 0 Å². The Morgan fingerprint density at radius 1 is 1.19 bits per heavy atom. The standard InChI is InChI=1S/C19H20F3NO3/c1-9-8-18(17(25)26-3)14-11-6-4-5-7-12(11)15(10(2)13(9)14)23(18)16(24)19(20,21)22/h4-7,9-10,13-15H,8H2,1-3H3/t9-,10?,13?,14?,15?,18?/m0/s1. The number of amides is 1. The molecule has 1 amide bonds. The van der Waals surface area contributed by atoms with Gasteiger partial charge in [0.05, 0.1) is 13.2 Å². The van der Waals surface area contributed by atoms with Crippen LogP contribution in [0.5, 0.6) is 0 Å². The number of halogens is 3. The van der Waals surface area contributed by atoms with Crippen molar-refractivity contribution in [1.29, 1.82) is 0 Å². The summed E-state index contributed by atoms with van der Waals surface area (Å²) in [5.41, 5.74) is 0.00537. The van der Waals surface area contributed by atoms with Crippen LogP contribution in [-0.4, -0.2) is 35.6 Å². The number of benzene rings is 1. The van der Waals surface area contributed by atoms with Gasteiger partial charge in [-0.05, 0) is 35.3 Å². The van der Waals surface area contributed by atoms with Crippen LogP contribution in [0.3, 0.4) is 0 Å². The predicted molar refractivity (Wildman–Crippen MR) is 86.0 cm³/mol. The van der Waals surface area contributed by atoms with E-state index >= 15 is 0 Å². The minimum Gasteiger partial charge on any atom is -0.467 e. The molecule has 0 aromatic heterocycles. The summed E-state index contributed by atoms with van der Waals surface area (Å²) < 4.78 is 45.4. The van der Waals surface area contributed by atoms with E-state index in [1.54, 1.807) is 12.1 Å². The van der Waals surface area contributed by atoms with Gasteiger partial charge in [0.2, 0.25) is 0 Å². The third-order valence-electron chi connectivity index (χ3n) is 6.65. The Balaban J connectivity index is 2.03. The number of hydrogen-bond acceptors (Lipinski definition) is 3. The molecule has 140 valence electrons. The Bertz CT molecular complexity index is 792. The average Bonchev–Trinajstić information content (AvgIpc) is 2.87. The van der Waals surface area contributed by atoms with Crippen molar-refractivity contribution in [1.82, 2.24) is 4.90 Å². The molecule has 1 aromatic rings. The quantitative estimate of drug-likeness (QED) is 0.715. The van der Waals surface area contributed by atoms with Crippen LogP contribution in [0.4, 0.5) is 13.2 Å². The van der Waals surface area contributed by atoms with Crippen LogP contribution in [0.25, 0.3) is 0 Å². The molecule has 5 rings (SSSR count). The van der Waals surface area contributed by atoms with Crippen LogP contribution in [-0.2, 0) is 14.3 Å². The Hall–Kier alpha value is -2.05. The van der Waals surface area contributed by atoms with E-state index in [0.29, 0.717) is 5.56 Å². The first kappa shape index (κ1) is 17.4. The van der Waals surface area contributed by atoms with Crippen molar-refractivity contribution < 1.29 is 27.5 Å². The first-order valence-corrected chi connectivity index (χ1v) is 8.74. The normalized spacial score (nSPS) is 37.5. The zero-order valence-corrected chi connectivity index (χ0v) is 14.7. The first-order valence-electron chi connectivity index (χ1n) is 8.74. The number of alkyl halides is 3. The Morgan fingerprint density at radius 2 is 1.81 bits per heavy atom. The molecule has 1 saturated heterocycles. The van der Waals surface area contributed by atoms with Gasteiger partial charge in [0.1, 0.15) is 5.54 Å². The second-order valence-corrected chi connectivity index (χ2v) is 7.76. The lowest BCUT2D eigenvalue weighted by atomic mass is 9.58. The SMILES string of the molecule is COC(=O)C12C[C@H](C)C3C(C)C(c4ccccc4C31)N2C(=O)C(F)(F)F. The van der Waals surface area contributed by atoms with Gasteiger partial charge in [-0.15, -0.1) is 0 Å². The summed E-state index contributed by atoms with van der Waals surface area (Å²) in [5.74, 6) is -3.31. The highest BCUT2D eigenvalue weighted by Crippen LogP contribution is 2.69. The van der Waals surface area contributed by atoms with Crippen LogP contribution in [0.1, 0.15) is 43.4 Å². The monoisotopic (exact) mass is 367 g/mol. The van der Waals surface area contributed by atoms with E-state index in [1.165, 1.54) is 7.11 Å². The largest absolute Gasteiger partial charge is 0.471 e. The molecule has 1 aromatic carbocycles. The topological polar surface area (TPSA) is 46.6 Å². The molecule has 4 aliphatic rings. The first-order chi connectivity index (χ1) is 12.2. The molecule has 26 heavy (non-hydrogen) atoms. The summed E-state index contributed by atoms with van der Waals surface area (Å²) in [7, 11) is 1.17. The van der Waals surface area contributed by atoms with Gasteiger partial charge in [0.15, 0.2) is 0 Å². The number of methoxy groups -OCH3 is 1. The summed E-state index contributed by atoms with van der Waals surface area (Å²) in [4.78, 5) is 26.2. The van der Waals surface area contributed by atoms with Gasteiger partial charge in [-0.3, -0.25) is 4.79 Å². The maximum atomic E-state index is 13.5. The summed E-state index contributed by atoms with van der Waals surface area (Å²) in [6.07, 6.45) is -4.86. The van der Waals surface area contributed by atoms with Gasteiger partial charge in [-0.1, -0.05) is 38.1 Å². The number of carbonyl (C=O) groups excluding carboxylic acids is 2. The number of esters is 1. The molecule has 0 spiro atoms. The molecule has 6 atom stereocenters. The Kier molecular flexibility index (Phi) is 3.50. The van der Waals surface area contributed by atoms with E-state index in [9.17, 15) is 22.8 Å². The number of ether oxygens (including phenoxy) is 1. The molecule has 1 saturated carbocycles. The maximum Gasteiger partial charge on any atom is 0.471 e. The average molecular weight is 367 g/mol. The molecule has 5 unspecified atom stereocenters. The van der Waals surface area contributed by atoms with Crippen molar-refractivity contribution in [3.05, 3.63) is 35.4 Å². The van der Waals surface area contributed by atoms with Gasteiger partial charge in [0, 0.05) is 5.92 Å². The van der Waals surface area contributed by atoms with Crippen LogP contribution in [0, 0.1) is 17.8 Å². The highest BCUT2D eigenvalue weighted by Gasteiger charge is 2.73. The third-order valence-corrected chi connectivity index (χ3v) is 6.65. The van der Waals surface area contributed by atoms with Crippen molar-refractivity contribution in [3.8, 4) is 0 Å². The molecule has 2 fully saturated rings. The van der Waals surface area contributed by atoms with Gasteiger partial charge in [-0.25, -0.2) is 4.79 Å². The second kappa shape index (κ2) is 5.24. The number of nitrogens with zero attached hydrogens (tertiary/aromatic N) is 1. The smallest absolute Gasteiger partial charge is 0.467 e. The number of piperidine rings is 1. The zero-order chi connectivity index (χ0) is 19.0. The summed E-state index contributed by atoms with van der Waals surface area (Å²) in [6, 6.07) is 6.46. The summed E-state index contributed by atoms with van der Waals surface area (Å²) >= 11 is 0. The van der Waals surface area contributed by atoms with Gasteiger partial charge >= 0.3 is 18.1 Å². The fourth-order valence-electron chi connectivity index (χ4n) is 6.04. The molecular formula is C19H20F3NO3. The second-order valence-electron chi connectivity index (χ2n) is 7.76. The van der Waals surface area contributed by atoms with Crippen molar-refractivity contribution in [2.45, 2.75) is 43.9 Å². The molecule has 2 heterocycles. The minimum atomic E-state index is -5.05. The summed E-state index contributed by atoms with van der Waals surface area (Å²) in [6.45, 7) is 3.84. The van der Waals surface area contributed by atoms with Crippen molar-refractivity contribution in [2.24, 2.45) is 17.8 Å². The zero-order valence-electron chi connectivity index (χ0n) is 14.7. The maximum absolute atomic E-state index is 13.5. The number of hydrogen-bond donors (Lipinski definition) is 0. The van der Waals surface area contributed by atoms with E-state index in [0.717, 1.165) is 10.5 Å². The van der Waals surface area contributed by atoms with Crippen LogP contribution < -0.4 is 0 Å². The Morgan fingerprint density at radius 3 is 2.38 bits per heavy atom. The number of carbonyl (C=O) groups is 2. The summed E-state index contributed by atoms with van der Waals surface area (Å²) in [5, 5.41) is 0. The van der Waals surface area contributed by atoms with E-state index in [2.05, 4.69) is 0 Å². The van der Waals surface area contributed by atoms with Crippen LogP contribution in [0.2, 0.25) is 0 Å². The molecule has 2 aliphatic carbocycles. The lowest BCUT2D eigenvalue weighted by Crippen LogP contribution is -2.69. The van der Waals surface area contributed by atoms with Crippen molar-refractivity contribution >= 4 is 11.9 Å². The molecule has 0 N–H and O–H groups in total. The van der Waals surface area contributed by atoms with Gasteiger partial charge < -0.3 is 9.64 Å². The van der Waals surface area contributed by atoms with Gasteiger partial charge in [-0.2, -0.15) is 13.2 Å². The minimum absolute atomic E-state index is 0.0102. The molecular weight excluding hydrogens is 347 g/mol. The van der Waals surface area contributed by atoms with Crippen molar-refractivity contribution in [2.75, 3.05) is 7.11 Å². The fourth-order valence-corrected chi connectivity index (χ4v) is 6.04. The molecule has 4 nitrogen and oxygen atoms in total. The van der Waals surface area contributed by atoms with Crippen molar-refractivity contribution in [3.63, 3.8) is 0 Å². The molecule has 2 aliphatic heterocycles. The van der Waals surface area contributed by atoms with E-state index < -0.39 is 35.6 Å². The van der Waals surface area contributed by atoms with Crippen LogP contribution >= 0.6 is 0 Å². The van der Waals surface area contributed by atoms with E-state index in [1.807, 2.05) is 26.0 Å². The third kappa shape index (κ3) is 1.86. The fraction of sp³-hybridized carbons (Fsp3) is 0.579. The van der Waals surface area contributed by atoms with Crippen LogP contribution in [0.15, 0.2) is 24.3 Å². The number of rotatable bonds is 1. The highest BCUT2D eigenvalue weighted by molar-refractivity contribution is 5.93. The molecule has 4 bridgehead atoms. The predicted octanol–water partition coefficient (Wildman–Crippen LogP) is 3.43. The molecule has 0 radical (unpaired) electrons. The van der Waals surface area contributed by atoms with E-state index in [4.69, 9.17) is 4.74 Å². The highest BCUT2D eigenvalue weighted by atomic mass is 19.4.